The molecule has 1 aromatic rings. The minimum atomic E-state index is -0.975. The van der Waals surface area contributed by atoms with Gasteiger partial charge < -0.3 is 5.11 Å². The van der Waals surface area contributed by atoms with E-state index in [1.165, 1.54) is 37.3 Å². The third-order valence-corrected chi connectivity index (χ3v) is 1.98. The number of carbonyl (C=O) groups is 2. The molecule has 0 unspecified atom stereocenters. The molecule has 0 bridgehead atoms. The van der Waals surface area contributed by atoms with Gasteiger partial charge in [-0.2, -0.15) is 0 Å². The molecule has 1 rings (SSSR count). The molecule has 0 aromatic heterocycles. The number of carbonyl (C=O) groups excluding carboxylic acids is 1. The molecule has 0 aliphatic heterocycles. The normalized spacial score (nSPS) is 10.6. The van der Waals surface area contributed by atoms with Crippen molar-refractivity contribution in [3.05, 3.63) is 41.2 Å². The van der Waals surface area contributed by atoms with Crippen molar-refractivity contribution in [2.24, 2.45) is 0 Å². The summed E-state index contributed by atoms with van der Waals surface area (Å²) in [5, 5.41) is 8.43. The number of benzene rings is 1. The number of hydrogen-bond donors (Lipinski definition) is 1. The molecule has 16 heavy (non-hydrogen) atoms. The Hall–Kier alpha value is -1.97. The zero-order valence-corrected chi connectivity index (χ0v) is 8.74. The lowest BCUT2D eigenvalue weighted by atomic mass is 10.0. The van der Waals surface area contributed by atoms with Crippen LogP contribution in [0, 0.1) is 5.82 Å². The van der Waals surface area contributed by atoms with Gasteiger partial charge >= 0.3 is 5.97 Å². The first-order chi connectivity index (χ1) is 7.50. The highest BCUT2D eigenvalue weighted by atomic mass is 19.1. The molecule has 0 fully saturated rings. The smallest absolute Gasteiger partial charge is 0.307 e. The zero-order valence-electron chi connectivity index (χ0n) is 8.74. The fraction of sp³-hybridized carbons (Fsp3) is 0.167. The van der Waals surface area contributed by atoms with E-state index in [4.69, 9.17) is 5.11 Å². The third kappa shape index (κ3) is 3.31. The van der Waals surface area contributed by atoms with Crippen molar-refractivity contribution >= 4 is 17.8 Å². The highest BCUT2D eigenvalue weighted by molar-refractivity contribution is 5.97. The van der Waals surface area contributed by atoms with Gasteiger partial charge in [0.2, 0.25) is 0 Å². The molecule has 0 radical (unpaired) electrons. The topological polar surface area (TPSA) is 54.4 Å². The number of carboxylic acids is 1. The second kappa shape index (κ2) is 5.21. The standard InChI is InChI=1S/C12H11FO3/c1-8(14)11-6-5-10(13)7-9(11)3-2-4-12(15)16/h2-3,5-7H,4H2,1H3,(H,15,16). The van der Waals surface area contributed by atoms with E-state index in [2.05, 4.69) is 0 Å². The highest BCUT2D eigenvalue weighted by Crippen LogP contribution is 2.14. The summed E-state index contributed by atoms with van der Waals surface area (Å²) in [5.41, 5.74) is 0.775. The van der Waals surface area contributed by atoms with Crippen LogP contribution in [-0.2, 0) is 4.79 Å². The van der Waals surface area contributed by atoms with Crippen LogP contribution in [0.3, 0.4) is 0 Å². The van der Waals surface area contributed by atoms with Gasteiger partial charge in [-0.25, -0.2) is 4.39 Å². The van der Waals surface area contributed by atoms with Crippen LogP contribution in [0.1, 0.15) is 29.3 Å². The second-order valence-corrected chi connectivity index (χ2v) is 3.29. The van der Waals surface area contributed by atoms with Gasteiger partial charge in [0, 0.05) is 5.56 Å². The van der Waals surface area contributed by atoms with Crippen molar-refractivity contribution in [3.63, 3.8) is 0 Å². The fourth-order valence-corrected chi connectivity index (χ4v) is 1.28. The molecule has 84 valence electrons. The van der Waals surface area contributed by atoms with Gasteiger partial charge in [0.1, 0.15) is 5.82 Å². The maximum absolute atomic E-state index is 12.9. The number of Topliss-reactive ketones (excluding diaryl/α,β-unsaturated/α-hetero) is 1. The average molecular weight is 222 g/mol. The van der Waals surface area contributed by atoms with E-state index < -0.39 is 11.8 Å². The van der Waals surface area contributed by atoms with E-state index >= 15 is 0 Å². The number of halogens is 1. The maximum atomic E-state index is 12.9. The van der Waals surface area contributed by atoms with Crippen molar-refractivity contribution < 1.29 is 19.1 Å². The lowest BCUT2D eigenvalue weighted by Gasteiger charge is -2.01. The first kappa shape index (κ1) is 12.1. The zero-order chi connectivity index (χ0) is 12.1. The van der Waals surface area contributed by atoms with Gasteiger partial charge in [0.15, 0.2) is 5.78 Å². The minimum absolute atomic E-state index is 0.159. The summed E-state index contributed by atoms with van der Waals surface area (Å²) in [6.07, 6.45) is 2.66. The Morgan fingerprint density at radius 2 is 2.12 bits per heavy atom. The van der Waals surface area contributed by atoms with Crippen molar-refractivity contribution in [2.45, 2.75) is 13.3 Å². The number of aliphatic carboxylic acids is 1. The van der Waals surface area contributed by atoms with Gasteiger partial charge in [-0.1, -0.05) is 12.2 Å². The lowest BCUT2D eigenvalue weighted by molar-refractivity contribution is -0.135. The van der Waals surface area contributed by atoms with Crippen molar-refractivity contribution in [2.75, 3.05) is 0 Å². The third-order valence-electron chi connectivity index (χ3n) is 1.98. The largest absolute Gasteiger partial charge is 0.481 e. The molecule has 0 saturated carbocycles. The number of hydrogen-bond acceptors (Lipinski definition) is 2. The monoisotopic (exact) mass is 222 g/mol. The lowest BCUT2D eigenvalue weighted by Crippen LogP contribution is -1.97. The van der Waals surface area contributed by atoms with Crippen LogP contribution < -0.4 is 0 Å². The minimum Gasteiger partial charge on any atom is -0.481 e. The van der Waals surface area contributed by atoms with Crippen LogP contribution in [0.5, 0.6) is 0 Å². The van der Waals surface area contributed by atoms with E-state index in [0.717, 1.165) is 0 Å². The molecule has 0 heterocycles. The fourth-order valence-electron chi connectivity index (χ4n) is 1.28. The Kier molecular flexibility index (Phi) is 3.94. The van der Waals surface area contributed by atoms with Crippen LogP contribution in [-0.4, -0.2) is 16.9 Å². The van der Waals surface area contributed by atoms with Crippen LogP contribution in [0.15, 0.2) is 24.3 Å². The first-order valence-corrected chi connectivity index (χ1v) is 4.69. The molecule has 0 saturated heterocycles. The maximum Gasteiger partial charge on any atom is 0.307 e. The Balaban J connectivity index is 3.01. The summed E-state index contributed by atoms with van der Waals surface area (Å²) in [6.45, 7) is 1.38. The molecule has 0 aliphatic rings. The molecule has 0 amide bonds. The van der Waals surface area contributed by atoms with Crippen molar-refractivity contribution in [1.29, 1.82) is 0 Å². The molecular formula is C12H11FO3. The first-order valence-electron chi connectivity index (χ1n) is 4.69. The van der Waals surface area contributed by atoms with E-state index in [0.29, 0.717) is 11.1 Å². The summed E-state index contributed by atoms with van der Waals surface area (Å²) in [4.78, 5) is 21.5. The Labute approximate surface area is 92.2 Å². The molecular weight excluding hydrogens is 211 g/mol. The summed E-state index contributed by atoms with van der Waals surface area (Å²) in [6, 6.07) is 3.79. The van der Waals surface area contributed by atoms with Crippen LogP contribution in [0.25, 0.3) is 6.08 Å². The molecule has 1 N–H and O–H groups in total. The number of carboxylic acid groups (broad SMARTS) is 1. The summed E-state index contributed by atoms with van der Waals surface area (Å²) < 4.78 is 12.9. The number of ketones is 1. The molecule has 0 atom stereocenters. The van der Waals surface area contributed by atoms with Crippen LogP contribution >= 0.6 is 0 Å². The highest BCUT2D eigenvalue weighted by Gasteiger charge is 2.05. The van der Waals surface area contributed by atoms with Crippen molar-refractivity contribution in [3.8, 4) is 0 Å². The molecule has 4 heteroatoms. The van der Waals surface area contributed by atoms with Crippen LogP contribution in [0.4, 0.5) is 4.39 Å². The van der Waals surface area contributed by atoms with E-state index in [9.17, 15) is 14.0 Å². The van der Waals surface area contributed by atoms with Gasteiger partial charge in [-0.05, 0) is 30.7 Å². The Morgan fingerprint density at radius 3 is 2.69 bits per heavy atom. The van der Waals surface area contributed by atoms with Gasteiger partial charge in [-0.15, -0.1) is 0 Å². The predicted molar refractivity (Wildman–Crippen MR) is 57.7 cm³/mol. The quantitative estimate of drug-likeness (QED) is 0.796. The van der Waals surface area contributed by atoms with Gasteiger partial charge in [0.05, 0.1) is 6.42 Å². The van der Waals surface area contributed by atoms with Crippen molar-refractivity contribution in [1.82, 2.24) is 0 Å². The average Bonchev–Trinajstić information content (AvgIpc) is 2.16. The molecule has 0 aliphatic carbocycles. The summed E-state index contributed by atoms with van der Waals surface area (Å²) >= 11 is 0. The molecule has 3 nitrogen and oxygen atoms in total. The van der Waals surface area contributed by atoms with Gasteiger partial charge in [0.25, 0.3) is 0 Å². The predicted octanol–water partition coefficient (Wildman–Crippen LogP) is 2.52. The Morgan fingerprint density at radius 1 is 1.44 bits per heavy atom. The van der Waals surface area contributed by atoms with Gasteiger partial charge in [-0.3, -0.25) is 9.59 Å². The van der Waals surface area contributed by atoms with E-state index in [1.807, 2.05) is 0 Å². The van der Waals surface area contributed by atoms with E-state index in [1.54, 1.807) is 0 Å². The summed E-state index contributed by atoms with van der Waals surface area (Å²) in [5.74, 6) is -1.62. The summed E-state index contributed by atoms with van der Waals surface area (Å²) in [7, 11) is 0. The van der Waals surface area contributed by atoms with E-state index in [-0.39, 0.29) is 12.2 Å². The second-order valence-electron chi connectivity index (χ2n) is 3.29. The SMILES string of the molecule is CC(=O)c1ccc(F)cc1C=CCC(=O)O. The van der Waals surface area contributed by atoms with Crippen LogP contribution in [0.2, 0.25) is 0 Å². The number of rotatable bonds is 4. The molecule has 1 aromatic carbocycles. The Bertz CT molecular complexity index is 450. The molecule has 0 spiro atoms.